The van der Waals surface area contributed by atoms with Crippen LogP contribution in [-0.2, 0) is 9.53 Å². The van der Waals surface area contributed by atoms with Crippen molar-refractivity contribution in [2.24, 2.45) is 0 Å². The first kappa shape index (κ1) is 14.9. The first-order chi connectivity index (χ1) is 8.78. The van der Waals surface area contributed by atoms with Gasteiger partial charge in [-0.05, 0) is 20.8 Å². The molecule has 0 aliphatic heterocycles. The van der Waals surface area contributed by atoms with E-state index in [0.29, 0.717) is 0 Å². The molecule has 1 aromatic heterocycles. The van der Waals surface area contributed by atoms with Crippen LogP contribution >= 0.6 is 0 Å². The van der Waals surface area contributed by atoms with E-state index in [-0.39, 0.29) is 17.5 Å². The molecule has 7 heteroatoms. The highest BCUT2D eigenvalue weighted by Gasteiger charge is 2.27. The normalized spacial score (nSPS) is 10.8. The van der Waals surface area contributed by atoms with Crippen LogP contribution in [0.15, 0.2) is 6.20 Å². The maximum Gasteiger partial charge on any atom is 0.380 e. The van der Waals surface area contributed by atoms with E-state index in [1.165, 1.54) is 14.2 Å². The van der Waals surface area contributed by atoms with Gasteiger partial charge in [-0.1, -0.05) is 0 Å². The summed E-state index contributed by atoms with van der Waals surface area (Å²) in [6.45, 7) is 5.00. The molecule has 1 heterocycles. The quantitative estimate of drug-likeness (QED) is 0.457. The van der Waals surface area contributed by atoms with E-state index in [9.17, 15) is 9.59 Å². The van der Waals surface area contributed by atoms with Crippen LogP contribution in [0.3, 0.4) is 0 Å². The Morgan fingerprint density at radius 2 is 1.79 bits per heavy atom. The SMILES string of the molecule is COc1ncc(C(=O)C(=O)OC(C)(C)C)c(OC)n1. The minimum Gasteiger partial charge on any atom is -0.480 e. The second-order valence-corrected chi connectivity index (χ2v) is 4.61. The number of ether oxygens (including phenoxy) is 3. The van der Waals surface area contributed by atoms with Crippen molar-refractivity contribution in [3.63, 3.8) is 0 Å². The van der Waals surface area contributed by atoms with Gasteiger partial charge in [0.15, 0.2) is 0 Å². The lowest BCUT2D eigenvalue weighted by Crippen LogP contribution is -2.29. The number of carbonyl (C=O) groups is 2. The molecule has 0 spiro atoms. The fourth-order valence-corrected chi connectivity index (χ4v) is 1.20. The van der Waals surface area contributed by atoms with E-state index in [1.54, 1.807) is 20.8 Å². The number of hydrogen-bond donors (Lipinski definition) is 0. The highest BCUT2D eigenvalue weighted by Crippen LogP contribution is 2.19. The van der Waals surface area contributed by atoms with E-state index in [1.807, 2.05) is 0 Å². The van der Waals surface area contributed by atoms with Crippen molar-refractivity contribution in [3.05, 3.63) is 11.8 Å². The van der Waals surface area contributed by atoms with Crippen LogP contribution in [0.2, 0.25) is 0 Å². The van der Waals surface area contributed by atoms with Gasteiger partial charge in [0.1, 0.15) is 11.2 Å². The van der Waals surface area contributed by atoms with Crippen LogP contribution in [0.25, 0.3) is 0 Å². The molecule has 0 fully saturated rings. The smallest absolute Gasteiger partial charge is 0.380 e. The number of methoxy groups -OCH3 is 2. The largest absolute Gasteiger partial charge is 0.480 e. The van der Waals surface area contributed by atoms with Gasteiger partial charge in [0.2, 0.25) is 5.88 Å². The topological polar surface area (TPSA) is 87.6 Å². The summed E-state index contributed by atoms with van der Waals surface area (Å²) in [5, 5.41) is 0. The molecule has 0 radical (unpaired) electrons. The number of esters is 1. The van der Waals surface area contributed by atoms with Gasteiger partial charge >= 0.3 is 12.0 Å². The van der Waals surface area contributed by atoms with Gasteiger partial charge < -0.3 is 14.2 Å². The Bertz CT molecular complexity index is 493. The van der Waals surface area contributed by atoms with Crippen molar-refractivity contribution in [2.45, 2.75) is 26.4 Å². The third kappa shape index (κ3) is 3.90. The third-order valence-corrected chi connectivity index (χ3v) is 1.94. The molecule has 0 aromatic carbocycles. The molecule has 0 amide bonds. The van der Waals surface area contributed by atoms with Crippen LogP contribution in [0.1, 0.15) is 31.1 Å². The fraction of sp³-hybridized carbons (Fsp3) is 0.500. The Balaban J connectivity index is 3.02. The Morgan fingerprint density at radius 1 is 1.16 bits per heavy atom. The Morgan fingerprint density at radius 3 is 2.26 bits per heavy atom. The van der Waals surface area contributed by atoms with Crippen molar-refractivity contribution in [1.29, 1.82) is 0 Å². The van der Waals surface area contributed by atoms with Gasteiger partial charge in [0, 0.05) is 6.20 Å². The first-order valence-electron chi connectivity index (χ1n) is 5.51. The van der Waals surface area contributed by atoms with Crippen molar-refractivity contribution >= 4 is 11.8 Å². The molecule has 0 saturated heterocycles. The molecule has 0 aliphatic rings. The first-order valence-corrected chi connectivity index (χ1v) is 5.51. The van der Waals surface area contributed by atoms with Gasteiger partial charge in [0.05, 0.1) is 14.2 Å². The van der Waals surface area contributed by atoms with Gasteiger partial charge in [0.25, 0.3) is 5.78 Å². The second kappa shape index (κ2) is 5.64. The summed E-state index contributed by atoms with van der Waals surface area (Å²) in [4.78, 5) is 31.2. The minimum absolute atomic E-state index is 0.0392. The van der Waals surface area contributed by atoms with Crippen LogP contribution in [0, 0.1) is 0 Å². The molecule has 1 aromatic rings. The van der Waals surface area contributed by atoms with Gasteiger partial charge in [-0.3, -0.25) is 4.79 Å². The molecule has 0 N–H and O–H groups in total. The number of carbonyl (C=O) groups excluding carboxylic acids is 2. The van der Waals surface area contributed by atoms with Gasteiger partial charge in [-0.25, -0.2) is 9.78 Å². The highest BCUT2D eigenvalue weighted by atomic mass is 16.6. The summed E-state index contributed by atoms with van der Waals surface area (Å²) in [6.07, 6.45) is 1.16. The molecule has 19 heavy (non-hydrogen) atoms. The molecule has 1 rings (SSSR count). The van der Waals surface area contributed by atoms with Crippen molar-refractivity contribution < 1.29 is 23.8 Å². The van der Waals surface area contributed by atoms with Crippen molar-refractivity contribution in [2.75, 3.05) is 14.2 Å². The lowest BCUT2D eigenvalue weighted by atomic mass is 10.1. The summed E-state index contributed by atoms with van der Waals surface area (Å²) < 4.78 is 14.7. The van der Waals surface area contributed by atoms with Gasteiger partial charge in [-0.2, -0.15) is 4.98 Å². The number of nitrogens with zero attached hydrogens (tertiary/aromatic N) is 2. The molecule has 0 atom stereocenters. The van der Waals surface area contributed by atoms with Crippen molar-refractivity contribution in [3.8, 4) is 11.9 Å². The predicted octanol–water partition coefficient (Wildman–Crippen LogP) is 1.02. The predicted molar refractivity (Wildman–Crippen MR) is 65.3 cm³/mol. The zero-order chi connectivity index (χ0) is 14.6. The summed E-state index contributed by atoms with van der Waals surface area (Å²) in [5.74, 6) is -1.89. The number of aromatic nitrogens is 2. The molecule has 0 unspecified atom stereocenters. The summed E-state index contributed by atoms with van der Waals surface area (Å²) in [5.41, 5.74) is -0.828. The van der Waals surface area contributed by atoms with E-state index in [0.717, 1.165) is 6.20 Å². The van der Waals surface area contributed by atoms with E-state index in [2.05, 4.69) is 9.97 Å². The maximum atomic E-state index is 11.9. The van der Waals surface area contributed by atoms with Crippen LogP contribution in [-0.4, -0.2) is 41.5 Å². The van der Waals surface area contributed by atoms with Crippen LogP contribution < -0.4 is 9.47 Å². The fourth-order valence-electron chi connectivity index (χ4n) is 1.20. The number of Topliss-reactive ketones (excluding diaryl/α,β-unsaturated/α-hetero) is 1. The Hall–Kier alpha value is -2.18. The Labute approximate surface area is 110 Å². The van der Waals surface area contributed by atoms with E-state index in [4.69, 9.17) is 14.2 Å². The molecule has 104 valence electrons. The molecule has 0 bridgehead atoms. The monoisotopic (exact) mass is 268 g/mol. The highest BCUT2D eigenvalue weighted by molar-refractivity contribution is 6.41. The zero-order valence-electron chi connectivity index (χ0n) is 11.5. The molecule has 7 nitrogen and oxygen atoms in total. The summed E-state index contributed by atoms with van der Waals surface area (Å²) in [7, 11) is 2.71. The van der Waals surface area contributed by atoms with E-state index < -0.39 is 17.4 Å². The zero-order valence-corrected chi connectivity index (χ0v) is 11.5. The lowest BCUT2D eigenvalue weighted by Gasteiger charge is -2.18. The number of rotatable bonds is 4. The average Bonchev–Trinajstić information content (AvgIpc) is 2.35. The van der Waals surface area contributed by atoms with Gasteiger partial charge in [-0.15, -0.1) is 0 Å². The van der Waals surface area contributed by atoms with Crippen molar-refractivity contribution in [1.82, 2.24) is 9.97 Å². The number of hydrogen-bond acceptors (Lipinski definition) is 7. The molecular weight excluding hydrogens is 252 g/mol. The molecular formula is C12H16N2O5. The summed E-state index contributed by atoms with van der Waals surface area (Å²) in [6, 6.07) is 0.0394. The van der Waals surface area contributed by atoms with E-state index >= 15 is 0 Å². The maximum absolute atomic E-state index is 11.9. The summed E-state index contributed by atoms with van der Waals surface area (Å²) >= 11 is 0. The second-order valence-electron chi connectivity index (χ2n) is 4.61. The standard InChI is InChI=1S/C12H16N2O5/c1-12(2,3)19-10(16)8(15)7-6-13-11(18-5)14-9(7)17-4/h6H,1-5H3. The number of ketones is 1. The van der Waals surface area contributed by atoms with Crippen LogP contribution in [0.4, 0.5) is 0 Å². The molecule has 0 saturated carbocycles. The molecule has 0 aliphatic carbocycles. The minimum atomic E-state index is -0.987. The average molecular weight is 268 g/mol. The third-order valence-electron chi connectivity index (χ3n) is 1.94. The van der Waals surface area contributed by atoms with Crippen LogP contribution in [0.5, 0.6) is 11.9 Å². The Kier molecular flexibility index (Phi) is 4.42. The lowest BCUT2D eigenvalue weighted by molar-refractivity contribution is -0.148.